The van der Waals surface area contributed by atoms with Gasteiger partial charge in [-0.25, -0.2) is 0 Å². The van der Waals surface area contributed by atoms with Crippen LogP contribution in [0.5, 0.6) is 0 Å². The van der Waals surface area contributed by atoms with Gasteiger partial charge in [0.05, 0.1) is 0 Å². The SMILES string of the molecule is CSCCC(=O)N1CCN(C)C(C(=O)O)C1. The maximum Gasteiger partial charge on any atom is 0.322 e. The van der Waals surface area contributed by atoms with Crippen LogP contribution < -0.4 is 0 Å². The van der Waals surface area contributed by atoms with Gasteiger partial charge in [0.25, 0.3) is 0 Å². The summed E-state index contributed by atoms with van der Waals surface area (Å²) in [4.78, 5) is 26.1. The number of thioether (sulfide) groups is 1. The van der Waals surface area contributed by atoms with E-state index in [0.717, 1.165) is 5.75 Å². The van der Waals surface area contributed by atoms with Gasteiger partial charge < -0.3 is 10.0 Å². The zero-order valence-electron chi connectivity index (χ0n) is 9.68. The second-order valence-corrected chi connectivity index (χ2v) is 4.90. The molecule has 1 unspecified atom stereocenters. The Bertz CT molecular complexity index is 273. The summed E-state index contributed by atoms with van der Waals surface area (Å²) in [5.41, 5.74) is 0. The summed E-state index contributed by atoms with van der Waals surface area (Å²) < 4.78 is 0. The molecular formula is C10H18N2O3S. The minimum atomic E-state index is -0.857. The number of hydrogen-bond acceptors (Lipinski definition) is 4. The van der Waals surface area contributed by atoms with Crippen LogP contribution in [0.25, 0.3) is 0 Å². The number of piperazine rings is 1. The first-order chi connectivity index (χ1) is 7.56. The van der Waals surface area contributed by atoms with E-state index in [0.29, 0.717) is 26.1 Å². The van der Waals surface area contributed by atoms with Crippen molar-refractivity contribution < 1.29 is 14.7 Å². The number of carboxylic acid groups (broad SMARTS) is 1. The lowest BCUT2D eigenvalue weighted by Gasteiger charge is -2.37. The van der Waals surface area contributed by atoms with E-state index < -0.39 is 12.0 Å². The van der Waals surface area contributed by atoms with E-state index in [1.54, 1.807) is 28.6 Å². The average Bonchev–Trinajstić information content (AvgIpc) is 2.26. The third-order valence-corrected chi connectivity index (χ3v) is 3.42. The molecule has 1 aliphatic rings. The standard InChI is InChI=1S/C10H18N2O3S/c1-11-4-5-12(7-8(11)10(14)15)9(13)3-6-16-2/h8H,3-7H2,1-2H3,(H,14,15). The normalized spacial score (nSPS) is 22.1. The Kier molecular flexibility index (Phi) is 5.08. The van der Waals surface area contributed by atoms with Crippen molar-refractivity contribution in [2.45, 2.75) is 12.5 Å². The predicted octanol–water partition coefficient (Wildman–Crippen LogP) is -0.0333. The number of carbonyl (C=O) groups is 2. The molecule has 0 saturated carbocycles. The molecule has 0 aromatic carbocycles. The molecule has 1 rings (SSSR count). The van der Waals surface area contributed by atoms with Crippen molar-refractivity contribution in [1.82, 2.24) is 9.80 Å². The summed E-state index contributed by atoms with van der Waals surface area (Å²) in [5, 5.41) is 9.00. The molecule has 1 heterocycles. The largest absolute Gasteiger partial charge is 0.480 e. The number of carbonyl (C=O) groups excluding carboxylic acids is 1. The van der Waals surface area contributed by atoms with Gasteiger partial charge >= 0.3 is 5.97 Å². The van der Waals surface area contributed by atoms with Gasteiger partial charge in [0.15, 0.2) is 0 Å². The van der Waals surface area contributed by atoms with Gasteiger partial charge in [-0.1, -0.05) is 0 Å². The quantitative estimate of drug-likeness (QED) is 0.754. The van der Waals surface area contributed by atoms with Crippen LogP contribution in [-0.2, 0) is 9.59 Å². The minimum Gasteiger partial charge on any atom is -0.480 e. The van der Waals surface area contributed by atoms with Gasteiger partial charge in [0.1, 0.15) is 6.04 Å². The van der Waals surface area contributed by atoms with Crippen LogP contribution in [0, 0.1) is 0 Å². The number of rotatable bonds is 4. The first-order valence-corrected chi connectivity index (χ1v) is 6.65. The molecule has 5 nitrogen and oxygen atoms in total. The summed E-state index contributed by atoms with van der Waals surface area (Å²) in [7, 11) is 1.78. The second kappa shape index (κ2) is 6.10. The van der Waals surface area contributed by atoms with Crippen LogP contribution in [-0.4, -0.2) is 71.5 Å². The van der Waals surface area contributed by atoms with E-state index in [2.05, 4.69) is 0 Å². The number of hydrogen-bond donors (Lipinski definition) is 1. The van der Waals surface area contributed by atoms with Crippen LogP contribution in [0.2, 0.25) is 0 Å². The van der Waals surface area contributed by atoms with E-state index in [1.807, 2.05) is 6.26 Å². The highest BCUT2D eigenvalue weighted by molar-refractivity contribution is 7.98. The van der Waals surface area contributed by atoms with Gasteiger partial charge in [-0.2, -0.15) is 11.8 Å². The fourth-order valence-electron chi connectivity index (χ4n) is 1.71. The van der Waals surface area contributed by atoms with E-state index in [4.69, 9.17) is 5.11 Å². The van der Waals surface area contributed by atoms with Crippen LogP contribution in [0.4, 0.5) is 0 Å². The summed E-state index contributed by atoms with van der Waals surface area (Å²) in [6.07, 6.45) is 2.45. The van der Waals surface area contributed by atoms with Crippen LogP contribution in [0.1, 0.15) is 6.42 Å². The lowest BCUT2D eigenvalue weighted by molar-refractivity contribution is -0.147. The Morgan fingerprint density at radius 3 is 2.69 bits per heavy atom. The van der Waals surface area contributed by atoms with E-state index in [9.17, 15) is 9.59 Å². The monoisotopic (exact) mass is 246 g/mol. The van der Waals surface area contributed by atoms with Crippen molar-refractivity contribution in [1.29, 1.82) is 0 Å². The Labute approximate surface area is 99.8 Å². The zero-order valence-corrected chi connectivity index (χ0v) is 10.5. The van der Waals surface area contributed by atoms with Crippen molar-refractivity contribution in [3.63, 3.8) is 0 Å². The number of amides is 1. The van der Waals surface area contributed by atoms with Crippen LogP contribution in [0.3, 0.4) is 0 Å². The third-order valence-electron chi connectivity index (χ3n) is 2.81. The molecule has 0 bridgehead atoms. The maximum atomic E-state index is 11.7. The molecule has 1 fully saturated rings. The molecule has 1 N–H and O–H groups in total. The summed E-state index contributed by atoms with van der Waals surface area (Å²) in [5.74, 6) is 0.00156. The fourth-order valence-corrected chi connectivity index (χ4v) is 2.09. The first-order valence-electron chi connectivity index (χ1n) is 5.26. The molecule has 1 amide bonds. The highest BCUT2D eigenvalue weighted by Crippen LogP contribution is 2.10. The summed E-state index contributed by atoms with van der Waals surface area (Å²) in [6.45, 7) is 1.56. The van der Waals surface area contributed by atoms with Crippen molar-refractivity contribution in [3.8, 4) is 0 Å². The molecule has 16 heavy (non-hydrogen) atoms. The molecule has 0 aliphatic carbocycles. The highest BCUT2D eigenvalue weighted by Gasteiger charge is 2.31. The minimum absolute atomic E-state index is 0.0636. The first kappa shape index (κ1) is 13.3. The van der Waals surface area contributed by atoms with Crippen LogP contribution in [0.15, 0.2) is 0 Å². The molecule has 92 valence electrons. The number of aliphatic carboxylic acids is 1. The Morgan fingerprint density at radius 2 is 2.12 bits per heavy atom. The van der Waals surface area contributed by atoms with Crippen molar-refractivity contribution in [2.24, 2.45) is 0 Å². The molecular weight excluding hydrogens is 228 g/mol. The molecule has 0 spiro atoms. The lowest BCUT2D eigenvalue weighted by Crippen LogP contribution is -2.56. The number of likely N-dealkylation sites (N-methyl/N-ethyl adjacent to an activating group) is 1. The summed E-state index contributed by atoms with van der Waals surface area (Å²) in [6, 6.07) is -0.563. The number of nitrogens with zero attached hydrogens (tertiary/aromatic N) is 2. The predicted molar refractivity (Wildman–Crippen MR) is 63.6 cm³/mol. The molecule has 0 aromatic rings. The summed E-state index contributed by atoms with van der Waals surface area (Å²) >= 11 is 1.63. The van der Waals surface area contributed by atoms with Gasteiger partial charge in [0.2, 0.25) is 5.91 Å². The van der Waals surface area contributed by atoms with Crippen molar-refractivity contribution >= 4 is 23.6 Å². The number of carboxylic acids is 1. The fraction of sp³-hybridized carbons (Fsp3) is 0.800. The third kappa shape index (κ3) is 3.38. The van der Waals surface area contributed by atoms with Gasteiger partial charge in [0, 0.05) is 31.8 Å². The van der Waals surface area contributed by atoms with Crippen LogP contribution >= 0.6 is 11.8 Å². The molecule has 0 radical (unpaired) electrons. The van der Waals surface area contributed by atoms with Gasteiger partial charge in [-0.15, -0.1) is 0 Å². The molecule has 6 heteroatoms. The van der Waals surface area contributed by atoms with Crippen molar-refractivity contribution in [2.75, 3.05) is 38.7 Å². The van der Waals surface area contributed by atoms with E-state index >= 15 is 0 Å². The highest BCUT2D eigenvalue weighted by atomic mass is 32.2. The Morgan fingerprint density at radius 1 is 1.44 bits per heavy atom. The van der Waals surface area contributed by atoms with E-state index in [1.165, 1.54) is 0 Å². The molecule has 0 aromatic heterocycles. The van der Waals surface area contributed by atoms with Crippen molar-refractivity contribution in [3.05, 3.63) is 0 Å². The molecule has 1 saturated heterocycles. The second-order valence-electron chi connectivity index (χ2n) is 3.92. The average molecular weight is 246 g/mol. The van der Waals surface area contributed by atoms with Gasteiger partial charge in [-0.3, -0.25) is 14.5 Å². The maximum absolute atomic E-state index is 11.7. The molecule has 1 aliphatic heterocycles. The zero-order chi connectivity index (χ0) is 12.1. The smallest absolute Gasteiger partial charge is 0.322 e. The lowest BCUT2D eigenvalue weighted by atomic mass is 10.1. The molecule has 1 atom stereocenters. The Hall–Kier alpha value is -0.750. The van der Waals surface area contributed by atoms with E-state index in [-0.39, 0.29) is 5.91 Å². The topological polar surface area (TPSA) is 60.9 Å². The van der Waals surface area contributed by atoms with Gasteiger partial charge in [-0.05, 0) is 13.3 Å². The Balaban J connectivity index is 2.51.